The fourth-order valence-electron chi connectivity index (χ4n) is 6.67. The molecule has 5 atom stereocenters. The molecule has 0 amide bonds. The van der Waals surface area contributed by atoms with Gasteiger partial charge in [0, 0.05) is 6.42 Å². The second-order valence-electron chi connectivity index (χ2n) is 13.7. The highest BCUT2D eigenvalue weighted by Gasteiger charge is 2.41. The Morgan fingerprint density at radius 3 is 2.24 bits per heavy atom. The molecule has 3 aromatic carbocycles. The van der Waals surface area contributed by atoms with E-state index in [-0.39, 0.29) is 10.6 Å². The molecule has 0 aromatic heterocycles. The molecule has 1 fully saturated rings. The van der Waals surface area contributed by atoms with Crippen LogP contribution in [0, 0.1) is 17.8 Å². The number of unbranched alkanes of at least 4 members (excludes halogenated alkanes) is 3. The SMILES string of the molecule is CCCCCCOc1ccc(-c2ccc(OC(=O)[C@H](Cc3ccccc3)NC3=C(Br)C(=O)O[C@@H]3O[C@@H]3C[C@H](C)CC[C@H]3C(C)C)cc2)cc1. The number of ether oxygens (including phenoxy) is 4. The van der Waals surface area contributed by atoms with Crippen molar-refractivity contribution in [1.29, 1.82) is 0 Å². The van der Waals surface area contributed by atoms with Crippen molar-refractivity contribution >= 4 is 27.9 Å². The quantitative estimate of drug-likeness (QED) is 0.0893. The maximum Gasteiger partial charge on any atom is 0.349 e. The number of rotatable bonds is 16. The van der Waals surface area contributed by atoms with Crippen LogP contribution < -0.4 is 14.8 Å². The molecule has 0 radical (unpaired) electrons. The number of esters is 2. The summed E-state index contributed by atoms with van der Waals surface area (Å²) in [4.78, 5) is 26.6. The van der Waals surface area contributed by atoms with E-state index in [1.807, 2.05) is 66.7 Å². The molecule has 5 rings (SSSR count). The Balaban J connectivity index is 1.27. The summed E-state index contributed by atoms with van der Waals surface area (Å²) in [6.07, 6.45) is 7.14. The first-order valence-electron chi connectivity index (χ1n) is 17.8. The van der Waals surface area contributed by atoms with Crippen LogP contribution in [0.4, 0.5) is 0 Å². The smallest absolute Gasteiger partial charge is 0.349 e. The second kappa shape index (κ2) is 17.9. The van der Waals surface area contributed by atoms with E-state index in [9.17, 15) is 9.59 Å². The van der Waals surface area contributed by atoms with Crippen LogP contribution >= 0.6 is 15.9 Å². The predicted octanol–water partition coefficient (Wildman–Crippen LogP) is 9.39. The van der Waals surface area contributed by atoms with Crippen LogP contribution in [0.2, 0.25) is 0 Å². The molecule has 1 saturated carbocycles. The van der Waals surface area contributed by atoms with Gasteiger partial charge in [-0.15, -0.1) is 0 Å². The van der Waals surface area contributed by atoms with Crippen LogP contribution in [0.15, 0.2) is 89.0 Å². The molecule has 3 aromatic rings. The first-order valence-corrected chi connectivity index (χ1v) is 18.6. The van der Waals surface area contributed by atoms with Crippen LogP contribution in [-0.2, 0) is 25.5 Å². The van der Waals surface area contributed by atoms with Crippen LogP contribution in [-0.4, -0.2) is 37.0 Å². The van der Waals surface area contributed by atoms with Crippen molar-refractivity contribution in [3.05, 3.63) is 94.6 Å². The van der Waals surface area contributed by atoms with Crippen LogP contribution in [0.25, 0.3) is 11.1 Å². The first kappa shape index (κ1) is 36.7. The molecule has 1 N–H and O–H groups in total. The summed E-state index contributed by atoms with van der Waals surface area (Å²) in [6, 6.07) is 24.4. The molecule has 2 aliphatic rings. The normalized spacial score (nSPS) is 21.4. The molecule has 7 nitrogen and oxygen atoms in total. The standard InChI is InChI=1S/C41H50BrNO6/c1-5-6-7-11-24-46-32-19-15-30(16-20-32)31-17-21-33(22-18-31)47-39(44)35(26-29-12-9-8-10-13-29)43-38-37(42)40(45)49-41(38)48-36-25-28(4)14-23-34(36)27(2)3/h8-10,12-13,15-22,27-28,34-36,41,43H,5-7,11,14,23-26H2,1-4H3/t28-,34+,35+,36-,41+/m1/s1. The Morgan fingerprint density at radius 2 is 1.59 bits per heavy atom. The van der Waals surface area contributed by atoms with Gasteiger partial charge >= 0.3 is 11.9 Å². The van der Waals surface area contributed by atoms with Crippen molar-refractivity contribution in [1.82, 2.24) is 5.32 Å². The van der Waals surface area contributed by atoms with E-state index in [1.165, 1.54) is 19.3 Å². The van der Waals surface area contributed by atoms with Crippen molar-refractivity contribution < 1.29 is 28.5 Å². The fourth-order valence-corrected chi connectivity index (χ4v) is 7.07. The Hall–Kier alpha value is -3.62. The van der Waals surface area contributed by atoms with Crippen molar-refractivity contribution in [3.8, 4) is 22.6 Å². The molecule has 0 spiro atoms. The maximum absolute atomic E-state index is 13.8. The zero-order chi connectivity index (χ0) is 34.8. The van der Waals surface area contributed by atoms with Gasteiger partial charge in [0.25, 0.3) is 0 Å². The van der Waals surface area contributed by atoms with Crippen LogP contribution in [0.5, 0.6) is 11.5 Å². The molecule has 8 heteroatoms. The van der Waals surface area contributed by atoms with E-state index in [0.717, 1.165) is 54.7 Å². The highest BCUT2D eigenvalue weighted by molar-refractivity contribution is 9.12. The third-order valence-corrected chi connectivity index (χ3v) is 10.3. The highest BCUT2D eigenvalue weighted by atomic mass is 79.9. The summed E-state index contributed by atoms with van der Waals surface area (Å²) in [5.74, 6) is 1.60. The van der Waals surface area contributed by atoms with E-state index in [4.69, 9.17) is 18.9 Å². The van der Waals surface area contributed by atoms with Gasteiger partial charge in [0.15, 0.2) is 0 Å². The highest BCUT2D eigenvalue weighted by Crippen LogP contribution is 2.38. The number of benzene rings is 3. The fraction of sp³-hybridized carbons (Fsp3) is 0.463. The molecule has 0 saturated heterocycles. The van der Waals surface area contributed by atoms with Gasteiger partial charge in [-0.1, -0.05) is 108 Å². The summed E-state index contributed by atoms with van der Waals surface area (Å²) in [6.45, 7) is 9.59. The Bertz CT molecular complexity index is 1540. The minimum Gasteiger partial charge on any atom is -0.494 e. The zero-order valence-electron chi connectivity index (χ0n) is 29.2. The number of hydrogen-bond acceptors (Lipinski definition) is 7. The van der Waals surface area contributed by atoms with Crippen molar-refractivity contribution in [2.24, 2.45) is 17.8 Å². The second-order valence-corrected chi connectivity index (χ2v) is 14.5. The molecule has 49 heavy (non-hydrogen) atoms. The zero-order valence-corrected chi connectivity index (χ0v) is 30.7. The monoisotopic (exact) mass is 731 g/mol. The Kier molecular flexibility index (Phi) is 13.4. The van der Waals surface area contributed by atoms with E-state index in [2.05, 4.69) is 48.9 Å². The summed E-state index contributed by atoms with van der Waals surface area (Å²) >= 11 is 3.42. The number of nitrogens with one attached hydrogen (secondary N) is 1. The average Bonchev–Trinajstić information content (AvgIpc) is 3.36. The number of cyclic esters (lactones) is 1. The van der Waals surface area contributed by atoms with Gasteiger partial charge < -0.3 is 24.3 Å². The van der Waals surface area contributed by atoms with E-state index >= 15 is 0 Å². The first-order chi connectivity index (χ1) is 23.7. The van der Waals surface area contributed by atoms with Gasteiger partial charge in [0.05, 0.1) is 12.7 Å². The number of hydrogen-bond donors (Lipinski definition) is 1. The number of halogens is 1. The van der Waals surface area contributed by atoms with Gasteiger partial charge in [-0.2, -0.15) is 0 Å². The maximum atomic E-state index is 13.8. The molecule has 262 valence electrons. The molecule has 0 unspecified atom stereocenters. The van der Waals surface area contributed by atoms with Gasteiger partial charge in [-0.3, -0.25) is 0 Å². The van der Waals surface area contributed by atoms with E-state index in [1.54, 1.807) is 12.1 Å². The van der Waals surface area contributed by atoms with Crippen molar-refractivity contribution in [3.63, 3.8) is 0 Å². The lowest BCUT2D eigenvalue weighted by atomic mass is 9.75. The van der Waals surface area contributed by atoms with Gasteiger partial charge in [-0.25, -0.2) is 9.59 Å². The minimum absolute atomic E-state index is 0.0610. The van der Waals surface area contributed by atoms with Crippen molar-refractivity contribution in [2.75, 3.05) is 6.61 Å². The third kappa shape index (κ3) is 10.2. The Labute approximate surface area is 299 Å². The van der Waals surface area contributed by atoms with Gasteiger partial charge in [-0.05, 0) is 93.9 Å². The van der Waals surface area contributed by atoms with E-state index in [0.29, 0.717) is 35.6 Å². The third-order valence-electron chi connectivity index (χ3n) is 9.55. The number of carbonyl (C=O) groups excluding carboxylic acids is 2. The minimum atomic E-state index is -0.943. The summed E-state index contributed by atoms with van der Waals surface area (Å²) < 4.78 is 24.3. The topological polar surface area (TPSA) is 83.1 Å². The molecule has 1 aliphatic carbocycles. The summed E-state index contributed by atoms with van der Waals surface area (Å²) in [5, 5.41) is 3.30. The number of carbonyl (C=O) groups is 2. The molecule has 1 aliphatic heterocycles. The lowest BCUT2D eigenvalue weighted by Crippen LogP contribution is -2.45. The van der Waals surface area contributed by atoms with Crippen LogP contribution in [0.3, 0.4) is 0 Å². The largest absolute Gasteiger partial charge is 0.494 e. The lowest BCUT2D eigenvalue weighted by Gasteiger charge is -2.38. The molecule has 1 heterocycles. The Morgan fingerprint density at radius 1 is 0.918 bits per heavy atom. The van der Waals surface area contributed by atoms with Crippen LogP contribution in [0.1, 0.15) is 78.2 Å². The van der Waals surface area contributed by atoms with Gasteiger partial charge in [0.1, 0.15) is 27.7 Å². The lowest BCUT2D eigenvalue weighted by molar-refractivity contribution is -0.182. The van der Waals surface area contributed by atoms with Crippen molar-refractivity contribution in [2.45, 2.75) is 97.5 Å². The van der Waals surface area contributed by atoms with Gasteiger partial charge in [0.2, 0.25) is 6.29 Å². The summed E-state index contributed by atoms with van der Waals surface area (Å²) in [7, 11) is 0. The summed E-state index contributed by atoms with van der Waals surface area (Å²) in [5.41, 5.74) is 3.40. The molecule has 0 bridgehead atoms. The predicted molar refractivity (Wildman–Crippen MR) is 196 cm³/mol. The molecular formula is C41H50BrNO6. The van der Waals surface area contributed by atoms with E-state index < -0.39 is 24.3 Å². The average molecular weight is 733 g/mol. The molecular weight excluding hydrogens is 682 g/mol.